The summed E-state index contributed by atoms with van der Waals surface area (Å²) in [5.74, 6) is 2.50. The van der Waals surface area contributed by atoms with Gasteiger partial charge in [0.15, 0.2) is 0 Å². The predicted octanol–water partition coefficient (Wildman–Crippen LogP) is 3.99. The number of benzene rings is 1. The highest BCUT2D eigenvalue weighted by atomic mass is 79.9. The van der Waals surface area contributed by atoms with Crippen molar-refractivity contribution in [3.63, 3.8) is 0 Å². The minimum atomic E-state index is 0.446. The lowest BCUT2D eigenvalue weighted by Crippen LogP contribution is -1.98. The number of halogens is 1. The highest BCUT2D eigenvalue weighted by Crippen LogP contribution is 2.29. The molecule has 2 aromatic heterocycles. The van der Waals surface area contributed by atoms with Crippen molar-refractivity contribution in [2.24, 2.45) is 0 Å². The summed E-state index contributed by atoms with van der Waals surface area (Å²) in [4.78, 5) is 8.37. The number of hydrogen-bond donors (Lipinski definition) is 1. The van der Waals surface area contributed by atoms with Gasteiger partial charge in [-0.15, -0.1) is 6.42 Å². The number of pyridine rings is 2. The largest absolute Gasteiger partial charge is 0.354 e. The van der Waals surface area contributed by atoms with E-state index in [1.165, 1.54) is 6.20 Å². The maximum Gasteiger partial charge on any atom is 0.113 e. The summed E-state index contributed by atoms with van der Waals surface area (Å²) >= 11 is 3.43. The molecule has 0 aliphatic carbocycles. The Labute approximate surface area is 136 Å². The molecule has 22 heavy (non-hydrogen) atoms. The molecule has 0 aliphatic heterocycles. The van der Waals surface area contributed by atoms with Crippen LogP contribution in [0.25, 0.3) is 10.9 Å². The van der Waals surface area contributed by atoms with Gasteiger partial charge in [-0.1, -0.05) is 27.9 Å². The van der Waals surface area contributed by atoms with E-state index in [-0.39, 0.29) is 0 Å². The van der Waals surface area contributed by atoms with Crippen molar-refractivity contribution in [2.45, 2.75) is 0 Å². The highest BCUT2D eigenvalue weighted by Gasteiger charge is 2.10. The lowest BCUT2D eigenvalue weighted by Gasteiger charge is -2.11. The molecular weight excluding hydrogens is 340 g/mol. The maximum atomic E-state index is 9.34. The van der Waals surface area contributed by atoms with E-state index in [1.54, 1.807) is 12.3 Å². The standard InChI is InChI=1S/C17H9BrN4/c1-2-13-7-15-16(10-20-13)21-9-11(8-19)17(15)22-14-5-3-4-12(18)6-14/h1,3-7,9-10H,(H,21,22). The normalized spacial score (nSPS) is 9.95. The molecule has 1 aromatic carbocycles. The van der Waals surface area contributed by atoms with Crippen molar-refractivity contribution in [3.8, 4) is 18.4 Å². The zero-order chi connectivity index (χ0) is 15.5. The second-order valence-corrected chi connectivity index (χ2v) is 5.44. The zero-order valence-electron chi connectivity index (χ0n) is 11.3. The summed E-state index contributed by atoms with van der Waals surface area (Å²) in [7, 11) is 0. The second-order valence-electron chi connectivity index (χ2n) is 4.53. The molecule has 5 heteroatoms. The lowest BCUT2D eigenvalue weighted by molar-refractivity contribution is 1.27. The Kier molecular flexibility index (Phi) is 3.74. The van der Waals surface area contributed by atoms with Gasteiger partial charge in [0.2, 0.25) is 0 Å². The first-order valence-electron chi connectivity index (χ1n) is 6.39. The van der Waals surface area contributed by atoms with Crippen LogP contribution >= 0.6 is 15.9 Å². The molecule has 0 radical (unpaired) electrons. The first-order valence-corrected chi connectivity index (χ1v) is 7.18. The van der Waals surface area contributed by atoms with Crippen molar-refractivity contribution in [1.82, 2.24) is 9.97 Å². The fourth-order valence-corrected chi connectivity index (χ4v) is 2.50. The topological polar surface area (TPSA) is 61.6 Å². The third kappa shape index (κ3) is 2.63. The van der Waals surface area contributed by atoms with Crippen LogP contribution in [0.3, 0.4) is 0 Å². The number of fused-ring (bicyclic) bond motifs is 1. The van der Waals surface area contributed by atoms with Crippen molar-refractivity contribution >= 4 is 38.2 Å². The number of rotatable bonds is 2. The number of aromatic nitrogens is 2. The third-order valence-corrected chi connectivity index (χ3v) is 3.61. The van der Waals surface area contributed by atoms with E-state index < -0.39 is 0 Å². The fraction of sp³-hybridized carbons (Fsp3) is 0. The number of nitriles is 1. The van der Waals surface area contributed by atoms with Crippen LogP contribution in [0.1, 0.15) is 11.3 Å². The van der Waals surface area contributed by atoms with Crippen molar-refractivity contribution in [2.75, 3.05) is 5.32 Å². The number of hydrogen-bond acceptors (Lipinski definition) is 4. The smallest absolute Gasteiger partial charge is 0.113 e. The molecule has 0 fully saturated rings. The fourth-order valence-electron chi connectivity index (χ4n) is 2.10. The van der Waals surface area contributed by atoms with E-state index in [0.29, 0.717) is 22.5 Å². The van der Waals surface area contributed by atoms with E-state index in [4.69, 9.17) is 6.42 Å². The quantitative estimate of drug-likeness (QED) is 0.711. The molecule has 104 valence electrons. The molecule has 2 heterocycles. The molecular formula is C17H9BrN4. The van der Waals surface area contributed by atoms with Gasteiger partial charge in [-0.2, -0.15) is 5.26 Å². The average molecular weight is 349 g/mol. The Morgan fingerprint density at radius 1 is 1.18 bits per heavy atom. The minimum Gasteiger partial charge on any atom is -0.354 e. The van der Waals surface area contributed by atoms with Crippen LogP contribution in [0.15, 0.2) is 47.2 Å². The van der Waals surface area contributed by atoms with Crippen molar-refractivity contribution < 1.29 is 0 Å². The minimum absolute atomic E-state index is 0.446. The van der Waals surface area contributed by atoms with Crippen LogP contribution in [0.4, 0.5) is 11.4 Å². The number of anilines is 2. The van der Waals surface area contributed by atoms with Gasteiger partial charge in [0, 0.05) is 21.7 Å². The van der Waals surface area contributed by atoms with Gasteiger partial charge in [0.25, 0.3) is 0 Å². The van der Waals surface area contributed by atoms with Crippen molar-refractivity contribution in [1.29, 1.82) is 5.26 Å². The summed E-state index contributed by atoms with van der Waals surface area (Å²) in [6, 6.07) is 11.6. The van der Waals surface area contributed by atoms with E-state index >= 15 is 0 Å². The first-order chi connectivity index (χ1) is 10.7. The lowest BCUT2D eigenvalue weighted by atomic mass is 10.1. The number of terminal acetylenes is 1. The van der Waals surface area contributed by atoms with Gasteiger partial charge >= 0.3 is 0 Å². The highest BCUT2D eigenvalue weighted by molar-refractivity contribution is 9.10. The summed E-state index contributed by atoms with van der Waals surface area (Å²) in [6.07, 6.45) is 8.55. The van der Waals surface area contributed by atoms with E-state index in [1.807, 2.05) is 24.3 Å². The van der Waals surface area contributed by atoms with Gasteiger partial charge in [0.05, 0.1) is 23.0 Å². The Bertz CT molecular complexity index is 946. The monoisotopic (exact) mass is 348 g/mol. The molecule has 4 nitrogen and oxygen atoms in total. The SMILES string of the molecule is C#Cc1cc2c(Nc3cccc(Br)c3)c(C#N)cnc2cn1. The molecule has 0 saturated carbocycles. The molecule has 1 N–H and O–H groups in total. The second kappa shape index (κ2) is 5.85. The molecule has 3 rings (SSSR count). The first kappa shape index (κ1) is 14.1. The Hall–Kier alpha value is -2.89. The van der Waals surface area contributed by atoms with Crippen LogP contribution in [0.5, 0.6) is 0 Å². The molecule has 3 aromatic rings. The van der Waals surface area contributed by atoms with Crippen LogP contribution in [-0.4, -0.2) is 9.97 Å². The van der Waals surface area contributed by atoms with Gasteiger partial charge in [0.1, 0.15) is 11.8 Å². The number of nitrogens with one attached hydrogen (secondary N) is 1. The summed E-state index contributed by atoms with van der Waals surface area (Å²) in [6.45, 7) is 0. The van der Waals surface area contributed by atoms with Gasteiger partial charge in [-0.3, -0.25) is 4.98 Å². The molecule has 0 amide bonds. The Balaban J connectivity index is 2.21. The van der Waals surface area contributed by atoms with E-state index in [0.717, 1.165) is 15.5 Å². The summed E-state index contributed by atoms with van der Waals surface area (Å²) in [5, 5.41) is 13.4. The van der Waals surface area contributed by atoms with E-state index in [9.17, 15) is 5.26 Å². The van der Waals surface area contributed by atoms with E-state index in [2.05, 4.69) is 43.2 Å². The Morgan fingerprint density at radius 3 is 2.77 bits per heavy atom. The molecule has 0 unspecified atom stereocenters. The maximum absolute atomic E-state index is 9.34. The zero-order valence-corrected chi connectivity index (χ0v) is 12.9. The Morgan fingerprint density at radius 2 is 2.05 bits per heavy atom. The van der Waals surface area contributed by atoms with Crippen LogP contribution in [0.2, 0.25) is 0 Å². The molecule has 0 spiro atoms. The third-order valence-electron chi connectivity index (χ3n) is 3.12. The van der Waals surface area contributed by atoms with Crippen molar-refractivity contribution in [3.05, 3.63) is 58.5 Å². The van der Waals surface area contributed by atoms with Crippen LogP contribution < -0.4 is 5.32 Å². The molecule has 0 bridgehead atoms. The summed E-state index contributed by atoms with van der Waals surface area (Å²) < 4.78 is 0.945. The van der Waals surface area contributed by atoms with Crippen LogP contribution in [-0.2, 0) is 0 Å². The average Bonchev–Trinajstić information content (AvgIpc) is 2.55. The molecule has 0 atom stereocenters. The van der Waals surface area contributed by atoms with Crippen LogP contribution in [0, 0.1) is 23.7 Å². The molecule has 0 aliphatic rings. The van der Waals surface area contributed by atoms with Gasteiger partial charge in [-0.25, -0.2) is 4.98 Å². The van der Waals surface area contributed by atoms with Gasteiger partial charge < -0.3 is 5.32 Å². The molecule has 0 saturated heterocycles. The predicted molar refractivity (Wildman–Crippen MR) is 89.6 cm³/mol. The summed E-state index contributed by atoms with van der Waals surface area (Å²) in [5.41, 5.74) is 3.15. The number of nitrogens with zero attached hydrogens (tertiary/aromatic N) is 3. The van der Waals surface area contributed by atoms with Gasteiger partial charge in [-0.05, 0) is 24.3 Å².